The molecule has 196 valence electrons. The summed E-state index contributed by atoms with van der Waals surface area (Å²) in [6, 6.07) is 31.4. The van der Waals surface area contributed by atoms with Crippen LogP contribution in [0.3, 0.4) is 0 Å². The number of ether oxygens (including phenoxy) is 1. The number of rotatable bonds is 10. The summed E-state index contributed by atoms with van der Waals surface area (Å²) in [4.78, 5) is 4.87. The molecule has 1 fully saturated rings. The fraction of sp³-hybridized carbons (Fsp3) is 0.281. The highest BCUT2D eigenvalue weighted by Gasteiger charge is 2.27. The normalized spacial score (nSPS) is 15.8. The molecule has 0 saturated carbocycles. The molecule has 1 atom stereocenters. The summed E-state index contributed by atoms with van der Waals surface area (Å²) < 4.78 is 11.3. The van der Waals surface area contributed by atoms with Crippen molar-refractivity contribution in [3.8, 4) is 5.75 Å². The fourth-order valence-corrected chi connectivity index (χ4v) is 5.01. The number of aliphatic hydroxyl groups is 1. The van der Waals surface area contributed by atoms with Crippen LogP contribution in [0, 0.1) is 6.92 Å². The standard InChI is InChI=1S/C32H35N3O3/c1-25-22-30(38-33-25)17-16-26-10-8-9-15-31(26)37-24-29(36)23-34-18-20-35(21-19-34)32(27-11-4-2-5-12-27)28-13-6-3-7-14-28/h2-17,22,29,32,36H,18-21,23-24H2,1H3. The van der Waals surface area contributed by atoms with Gasteiger partial charge in [0.15, 0.2) is 5.76 Å². The van der Waals surface area contributed by atoms with E-state index in [1.807, 2.05) is 49.4 Å². The van der Waals surface area contributed by atoms with Gasteiger partial charge in [0.2, 0.25) is 0 Å². The van der Waals surface area contributed by atoms with Crippen molar-refractivity contribution in [2.45, 2.75) is 19.1 Å². The number of aromatic nitrogens is 1. The summed E-state index contributed by atoms with van der Waals surface area (Å²) in [7, 11) is 0. The number of β-amino-alcohol motifs (C(OH)–C–C–N with tert-alkyl or cyclic N) is 1. The van der Waals surface area contributed by atoms with Crippen LogP contribution in [-0.4, -0.2) is 65.5 Å². The predicted octanol–water partition coefficient (Wildman–Crippen LogP) is 5.30. The van der Waals surface area contributed by atoms with Gasteiger partial charge in [0.05, 0.1) is 11.7 Å². The van der Waals surface area contributed by atoms with Gasteiger partial charge < -0.3 is 14.4 Å². The summed E-state index contributed by atoms with van der Waals surface area (Å²) >= 11 is 0. The summed E-state index contributed by atoms with van der Waals surface area (Å²) in [5.41, 5.74) is 4.39. The van der Waals surface area contributed by atoms with Gasteiger partial charge in [-0.25, -0.2) is 0 Å². The fourth-order valence-electron chi connectivity index (χ4n) is 5.01. The largest absolute Gasteiger partial charge is 0.490 e. The number of hydrogen-bond acceptors (Lipinski definition) is 6. The number of para-hydroxylation sites is 1. The number of piperazine rings is 1. The average Bonchev–Trinajstić information content (AvgIpc) is 3.38. The van der Waals surface area contributed by atoms with Crippen molar-refractivity contribution in [1.82, 2.24) is 15.0 Å². The third kappa shape index (κ3) is 6.78. The second-order valence-electron chi connectivity index (χ2n) is 9.77. The molecule has 1 aliphatic rings. The van der Waals surface area contributed by atoms with Gasteiger partial charge in [0.1, 0.15) is 18.5 Å². The lowest BCUT2D eigenvalue weighted by Crippen LogP contribution is -2.50. The van der Waals surface area contributed by atoms with Crippen molar-refractivity contribution in [3.05, 3.63) is 119 Å². The van der Waals surface area contributed by atoms with Crippen LogP contribution >= 0.6 is 0 Å². The van der Waals surface area contributed by atoms with Crippen LogP contribution in [0.5, 0.6) is 5.75 Å². The van der Waals surface area contributed by atoms with Crippen LogP contribution in [-0.2, 0) is 0 Å². The molecular formula is C32H35N3O3. The maximum absolute atomic E-state index is 10.8. The number of aliphatic hydroxyl groups excluding tert-OH is 1. The van der Waals surface area contributed by atoms with Crippen molar-refractivity contribution in [2.75, 3.05) is 39.3 Å². The molecule has 38 heavy (non-hydrogen) atoms. The zero-order chi connectivity index (χ0) is 26.2. The minimum Gasteiger partial charge on any atom is -0.490 e. The summed E-state index contributed by atoms with van der Waals surface area (Å²) in [6.45, 7) is 6.41. The van der Waals surface area contributed by atoms with Gasteiger partial charge in [0, 0.05) is 44.4 Å². The van der Waals surface area contributed by atoms with Crippen molar-refractivity contribution in [3.63, 3.8) is 0 Å². The number of aryl methyl sites for hydroxylation is 1. The van der Waals surface area contributed by atoms with Gasteiger partial charge in [-0.15, -0.1) is 0 Å². The molecule has 2 heterocycles. The maximum atomic E-state index is 10.8. The second-order valence-corrected chi connectivity index (χ2v) is 9.77. The predicted molar refractivity (Wildman–Crippen MR) is 151 cm³/mol. The summed E-state index contributed by atoms with van der Waals surface area (Å²) in [5.74, 6) is 1.43. The minimum atomic E-state index is -0.574. The van der Waals surface area contributed by atoms with Crippen LogP contribution in [0.15, 0.2) is 95.5 Å². The van der Waals surface area contributed by atoms with Gasteiger partial charge in [-0.3, -0.25) is 9.80 Å². The van der Waals surface area contributed by atoms with E-state index in [4.69, 9.17) is 9.26 Å². The first-order chi connectivity index (χ1) is 18.7. The van der Waals surface area contributed by atoms with E-state index in [9.17, 15) is 5.11 Å². The summed E-state index contributed by atoms with van der Waals surface area (Å²) in [6.07, 6.45) is 3.24. The molecule has 4 aromatic rings. The van der Waals surface area contributed by atoms with Crippen LogP contribution < -0.4 is 4.74 Å². The minimum absolute atomic E-state index is 0.234. The molecular weight excluding hydrogens is 474 g/mol. The van der Waals surface area contributed by atoms with Crippen LogP contribution in [0.2, 0.25) is 0 Å². The van der Waals surface area contributed by atoms with E-state index in [2.05, 4.69) is 75.6 Å². The van der Waals surface area contributed by atoms with Crippen molar-refractivity contribution >= 4 is 12.2 Å². The molecule has 0 spiro atoms. The topological polar surface area (TPSA) is 62.0 Å². The lowest BCUT2D eigenvalue weighted by Gasteiger charge is -2.40. The molecule has 3 aromatic carbocycles. The van der Waals surface area contributed by atoms with E-state index in [-0.39, 0.29) is 12.6 Å². The highest BCUT2D eigenvalue weighted by Crippen LogP contribution is 2.29. The Morgan fingerprint density at radius 1 is 0.868 bits per heavy atom. The van der Waals surface area contributed by atoms with E-state index >= 15 is 0 Å². The van der Waals surface area contributed by atoms with Gasteiger partial charge >= 0.3 is 0 Å². The van der Waals surface area contributed by atoms with Crippen LogP contribution in [0.4, 0.5) is 0 Å². The number of nitrogens with zero attached hydrogens (tertiary/aromatic N) is 3. The van der Waals surface area contributed by atoms with Crippen LogP contribution in [0.1, 0.15) is 34.2 Å². The molecule has 1 aliphatic heterocycles. The van der Waals surface area contributed by atoms with E-state index in [0.717, 1.165) is 43.2 Å². The zero-order valence-electron chi connectivity index (χ0n) is 21.8. The molecule has 5 rings (SSSR count). The van der Waals surface area contributed by atoms with E-state index in [0.29, 0.717) is 12.3 Å². The number of hydrogen-bond donors (Lipinski definition) is 1. The smallest absolute Gasteiger partial charge is 0.159 e. The maximum Gasteiger partial charge on any atom is 0.159 e. The third-order valence-electron chi connectivity index (χ3n) is 6.90. The number of benzene rings is 3. The molecule has 1 unspecified atom stereocenters. The summed E-state index contributed by atoms with van der Waals surface area (Å²) in [5, 5.41) is 14.7. The Labute approximate surface area is 224 Å². The molecule has 1 N–H and O–H groups in total. The first-order valence-corrected chi connectivity index (χ1v) is 13.2. The first-order valence-electron chi connectivity index (χ1n) is 13.2. The highest BCUT2D eigenvalue weighted by atomic mass is 16.5. The van der Waals surface area contributed by atoms with Crippen molar-refractivity contribution in [1.29, 1.82) is 0 Å². The third-order valence-corrected chi connectivity index (χ3v) is 6.90. The Morgan fingerprint density at radius 2 is 1.50 bits per heavy atom. The molecule has 0 amide bonds. The lowest BCUT2D eigenvalue weighted by atomic mass is 9.96. The molecule has 1 aromatic heterocycles. The second kappa shape index (κ2) is 12.7. The Kier molecular flexibility index (Phi) is 8.66. The Bertz CT molecular complexity index is 1260. The van der Waals surface area contributed by atoms with Crippen molar-refractivity contribution in [2.24, 2.45) is 0 Å². The molecule has 0 bridgehead atoms. The molecule has 1 saturated heterocycles. The quantitative estimate of drug-likeness (QED) is 0.313. The van der Waals surface area contributed by atoms with Gasteiger partial charge in [-0.2, -0.15) is 0 Å². The van der Waals surface area contributed by atoms with Gasteiger partial charge in [-0.05, 0) is 36.3 Å². The SMILES string of the molecule is Cc1cc(C=Cc2ccccc2OCC(O)CN2CCN(C(c3ccccc3)c3ccccc3)CC2)on1. The zero-order valence-corrected chi connectivity index (χ0v) is 21.8. The van der Waals surface area contributed by atoms with Crippen molar-refractivity contribution < 1.29 is 14.4 Å². The molecule has 0 radical (unpaired) electrons. The van der Waals surface area contributed by atoms with E-state index in [1.165, 1.54) is 11.1 Å². The molecule has 6 nitrogen and oxygen atoms in total. The van der Waals surface area contributed by atoms with Gasteiger partial charge in [-0.1, -0.05) is 84.0 Å². The monoisotopic (exact) mass is 509 g/mol. The Morgan fingerprint density at radius 3 is 2.13 bits per heavy atom. The molecule has 6 heteroatoms. The average molecular weight is 510 g/mol. The lowest BCUT2D eigenvalue weighted by molar-refractivity contribution is 0.0400. The van der Waals surface area contributed by atoms with E-state index < -0.39 is 6.10 Å². The Hall–Kier alpha value is -3.71. The van der Waals surface area contributed by atoms with Gasteiger partial charge in [0.25, 0.3) is 0 Å². The van der Waals surface area contributed by atoms with E-state index in [1.54, 1.807) is 0 Å². The molecule has 0 aliphatic carbocycles. The highest BCUT2D eigenvalue weighted by molar-refractivity contribution is 5.70. The van der Waals surface area contributed by atoms with Crippen LogP contribution in [0.25, 0.3) is 12.2 Å². The Balaban J connectivity index is 1.14. The first kappa shape index (κ1) is 25.9.